The maximum Gasteiger partial charge on any atom is 0.214 e. The number of hydrogen-bond acceptors (Lipinski definition) is 2. The van der Waals surface area contributed by atoms with E-state index in [0.717, 1.165) is 5.82 Å². The van der Waals surface area contributed by atoms with E-state index in [9.17, 15) is 0 Å². The maximum atomic E-state index is 5.17. The minimum Gasteiger partial charge on any atom is -0.465 e. The van der Waals surface area contributed by atoms with E-state index in [1.807, 2.05) is 18.5 Å². The molecule has 1 aromatic rings. The molecule has 0 aliphatic rings. The normalized spacial score (nSPS) is 9.18. The molecule has 1 aromatic heterocycles. The molecule has 0 bridgehead atoms. The SMILES string of the molecule is C#CCOc1cnc(C)n1C. The molecule has 11 heavy (non-hydrogen) atoms. The van der Waals surface area contributed by atoms with Crippen molar-refractivity contribution in [3.8, 4) is 18.2 Å². The highest BCUT2D eigenvalue weighted by molar-refractivity contribution is 5.10. The second kappa shape index (κ2) is 3.11. The van der Waals surface area contributed by atoms with Gasteiger partial charge in [0, 0.05) is 7.05 Å². The van der Waals surface area contributed by atoms with Crippen LogP contribution in [0.15, 0.2) is 6.20 Å². The Hall–Kier alpha value is -1.43. The van der Waals surface area contributed by atoms with E-state index in [2.05, 4.69) is 10.9 Å². The van der Waals surface area contributed by atoms with Crippen LogP contribution in [-0.4, -0.2) is 16.2 Å². The second-order valence-corrected chi connectivity index (χ2v) is 2.20. The van der Waals surface area contributed by atoms with Crippen LogP contribution in [0.3, 0.4) is 0 Å². The molecule has 0 spiro atoms. The number of terminal acetylenes is 1. The molecule has 3 nitrogen and oxygen atoms in total. The van der Waals surface area contributed by atoms with Crippen LogP contribution >= 0.6 is 0 Å². The number of hydrogen-bond donors (Lipinski definition) is 0. The van der Waals surface area contributed by atoms with E-state index in [1.54, 1.807) is 6.20 Å². The molecule has 3 heteroatoms. The van der Waals surface area contributed by atoms with Gasteiger partial charge in [-0.25, -0.2) is 4.98 Å². The molecular weight excluding hydrogens is 140 g/mol. The molecular formula is C8H10N2O. The predicted molar refractivity (Wildman–Crippen MR) is 42.3 cm³/mol. The standard InChI is InChI=1S/C8H10N2O/c1-4-5-11-8-6-9-7(2)10(8)3/h1,6H,5H2,2-3H3. The van der Waals surface area contributed by atoms with E-state index in [0.29, 0.717) is 12.5 Å². The van der Waals surface area contributed by atoms with Crippen LogP contribution in [0.1, 0.15) is 5.82 Å². The molecule has 0 unspecified atom stereocenters. The van der Waals surface area contributed by atoms with Crippen molar-refractivity contribution in [3.05, 3.63) is 12.0 Å². The highest BCUT2D eigenvalue weighted by atomic mass is 16.5. The Balaban J connectivity index is 2.72. The van der Waals surface area contributed by atoms with Crippen molar-refractivity contribution >= 4 is 0 Å². The van der Waals surface area contributed by atoms with Crippen LogP contribution < -0.4 is 4.74 Å². The summed E-state index contributed by atoms with van der Waals surface area (Å²) in [6.07, 6.45) is 6.69. The van der Waals surface area contributed by atoms with Crippen molar-refractivity contribution in [2.45, 2.75) is 6.92 Å². The fourth-order valence-corrected chi connectivity index (χ4v) is 0.731. The topological polar surface area (TPSA) is 27.1 Å². The number of ether oxygens (including phenoxy) is 1. The molecule has 0 saturated carbocycles. The van der Waals surface area contributed by atoms with Gasteiger partial charge >= 0.3 is 0 Å². The Morgan fingerprint density at radius 3 is 3.00 bits per heavy atom. The number of nitrogens with zero attached hydrogens (tertiary/aromatic N) is 2. The zero-order chi connectivity index (χ0) is 8.27. The van der Waals surface area contributed by atoms with Gasteiger partial charge in [-0.05, 0) is 6.92 Å². The molecule has 0 atom stereocenters. The Kier molecular flexibility index (Phi) is 2.17. The number of aromatic nitrogens is 2. The van der Waals surface area contributed by atoms with Crippen LogP contribution in [0.25, 0.3) is 0 Å². The largest absolute Gasteiger partial charge is 0.465 e. The minimum absolute atomic E-state index is 0.291. The molecule has 1 rings (SSSR count). The molecule has 0 amide bonds. The molecule has 0 radical (unpaired) electrons. The van der Waals surface area contributed by atoms with Crippen LogP contribution in [0, 0.1) is 19.3 Å². The smallest absolute Gasteiger partial charge is 0.214 e. The van der Waals surface area contributed by atoms with Crippen LogP contribution in [0.4, 0.5) is 0 Å². The second-order valence-electron chi connectivity index (χ2n) is 2.20. The first kappa shape index (κ1) is 7.67. The monoisotopic (exact) mass is 150 g/mol. The van der Waals surface area contributed by atoms with Gasteiger partial charge in [-0.3, -0.25) is 0 Å². The fraction of sp³-hybridized carbons (Fsp3) is 0.375. The van der Waals surface area contributed by atoms with Gasteiger partial charge in [0.1, 0.15) is 5.82 Å². The average Bonchev–Trinajstić information content (AvgIpc) is 2.31. The molecule has 0 aliphatic heterocycles. The lowest BCUT2D eigenvalue weighted by Crippen LogP contribution is -2.00. The summed E-state index contributed by atoms with van der Waals surface area (Å²) in [5, 5.41) is 0. The van der Waals surface area contributed by atoms with Crippen LogP contribution in [0.2, 0.25) is 0 Å². The van der Waals surface area contributed by atoms with Gasteiger partial charge in [-0.1, -0.05) is 5.92 Å². The van der Waals surface area contributed by atoms with Crippen molar-refractivity contribution in [2.75, 3.05) is 6.61 Å². The van der Waals surface area contributed by atoms with Gasteiger partial charge in [0.25, 0.3) is 0 Å². The lowest BCUT2D eigenvalue weighted by atomic mass is 10.7. The summed E-state index contributed by atoms with van der Waals surface area (Å²) in [6, 6.07) is 0. The lowest BCUT2D eigenvalue weighted by molar-refractivity contribution is 0.341. The molecule has 0 aromatic carbocycles. The van der Waals surface area contributed by atoms with Gasteiger partial charge in [0.15, 0.2) is 6.61 Å². The quantitative estimate of drug-likeness (QED) is 0.581. The lowest BCUT2D eigenvalue weighted by Gasteiger charge is -2.01. The van der Waals surface area contributed by atoms with Crippen molar-refractivity contribution in [2.24, 2.45) is 7.05 Å². The molecule has 58 valence electrons. The number of imidazole rings is 1. The van der Waals surface area contributed by atoms with E-state index < -0.39 is 0 Å². The van der Waals surface area contributed by atoms with Crippen molar-refractivity contribution in [3.63, 3.8) is 0 Å². The summed E-state index contributed by atoms with van der Waals surface area (Å²) in [4.78, 5) is 4.04. The molecule has 0 aliphatic carbocycles. The molecule has 1 heterocycles. The zero-order valence-electron chi connectivity index (χ0n) is 6.66. The molecule has 0 saturated heterocycles. The summed E-state index contributed by atoms with van der Waals surface area (Å²) in [5.41, 5.74) is 0. The third kappa shape index (κ3) is 1.53. The van der Waals surface area contributed by atoms with Gasteiger partial charge in [0.05, 0.1) is 6.20 Å². The summed E-state index contributed by atoms with van der Waals surface area (Å²) >= 11 is 0. The Morgan fingerprint density at radius 2 is 2.55 bits per heavy atom. The molecule has 0 N–H and O–H groups in total. The Labute approximate surface area is 66.0 Å². The Morgan fingerprint density at radius 1 is 1.82 bits per heavy atom. The van der Waals surface area contributed by atoms with Gasteiger partial charge in [0.2, 0.25) is 5.88 Å². The van der Waals surface area contributed by atoms with E-state index in [1.165, 1.54) is 0 Å². The fourth-order valence-electron chi connectivity index (χ4n) is 0.731. The third-order valence-corrected chi connectivity index (χ3v) is 1.48. The summed E-state index contributed by atoms with van der Waals surface area (Å²) < 4.78 is 7.02. The van der Waals surface area contributed by atoms with Crippen molar-refractivity contribution < 1.29 is 4.74 Å². The maximum absolute atomic E-state index is 5.17. The summed E-state index contributed by atoms with van der Waals surface area (Å²) in [6.45, 7) is 2.20. The van der Waals surface area contributed by atoms with E-state index >= 15 is 0 Å². The average molecular weight is 150 g/mol. The first-order valence-corrected chi connectivity index (χ1v) is 3.30. The summed E-state index contributed by atoms with van der Waals surface area (Å²) in [7, 11) is 1.88. The first-order valence-electron chi connectivity index (χ1n) is 3.30. The first-order chi connectivity index (χ1) is 5.25. The molecule has 0 fully saturated rings. The predicted octanol–water partition coefficient (Wildman–Crippen LogP) is 0.741. The third-order valence-electron chi connectivity index (χ3n) is 1.48. The Bertz CT molecular complexity index is 283. The van der Waals surface area contributed by atoms with Gasteiger partial charge in [-0.15, -0.1) is 6.42 Å². The van der Waals surface area contributed by atoms with Crippen molar-refractivity contribution in [1.29, 1.82) is 0 Å². The van der Waals surface area contributed by atoms with E-state index in [4.69, 9.17) is 11.2 Å². The van der Waals surface area contributed by atoms with Crippen molar-refractivity contribution in [1.82, 2.24) is 9.55 Å². The number of rotatable bonds is 2. The highest BCUT2D eigenvalue weighted by Crippen LogP contribution is 2.09. The number of aryl methyl sites for hydroxylation is 1. The zero-order valence-corrected chi connectivity index (χ0v) is 6.66. The highest BCUT2D eigenvalue weighted by Gasteiger charge is 2.00. The summed E-state index contributed by atoms with van der Waals surface area (Å²) in [5.74, 6) is 4.01. The van der Waals surface area contributed by atoms with Crippen LogP contribution in [-0.2, 0) is 7.05 Å². The van der Waals surface area contributed by atoms with Crippen LogP contribution in [0.5, 0.6) is 5.88 Å². The van der Waals surface area contributed by atoms with Gasteiger partial charge < -0.3 is 9.30 Å². The van der Waals surface area contributed by atoms with Gasteiger partial charge in [-0.2, -0.15) is 0 Å². The minimum atomic E-state index is 0.291. The van der Waals surface area contributed by atoms with E-state index in [-0.39, 0.29) is 0 Å².